The minimum atomic E-state index is 0.274. The maximum absolute atomic E-state index is 6.08. The lowest BCUT2D eigenvalue weighted by Gasteiger charge is -2.39. The fourth-order valence-corrected chi connectivity index (χ4v) is 3.45. The van der Waals surface area contributed by atoms with Gasteiger partial charge >= 0.3 is 0 Å². The molecule has 3 heteroatoms. The Hall–Kier alpha value is -0.900. The van der Waals surface area contributed by atoms with Crippen molar-refractivity contribution in [3.8, 4) is 0 Å². The van der Waals surface area contributed by atoms with Gasteiger partial charge in [-0.15, -0.1) is 0 Å². The van der Waals surface area contributed by atoms with Crippen LogP contribution in [0.4, 0.5) is 0 Å². The largest absolute Gasteiger partial charge is 0.374 e. The standard InChI is InChI=1S/C18H26N2O/c1-20-10-11-21-17(12-19-16-8-9-16)18(20)15-6-4-14(5-7-15)13-2-3-13/h4-7,13,16-19H,2-3,8-12H2,1H3. The van der Waals surface area contributed by atoms with E-state index in [4.69, 9.17) is 4.74 Å². The summed E-state index contributed by atoms with van der Waals surface area (Å²) in [6.45, 7) is 2.85. The van der Waals surface area contributed by atoms with Crippen LogP contribution in [0.2, 0.25) is 0 Å². The number of morpholine rings is 1. The van der Waals surface area contributed by atoms with Crippen molar-refractivity contribution in [3.63, 3.8) is 0 Å². The molecule has 1 heterocycles. The molecule has 1 aliphatic heterocycles. The van der Waals surface area contributed by atoms with Crippen molar-refractivity contribution in [1.82, 2.24) is 10.2 Å². The topological polar surface area (TPSA) is 24.5 Å². The Morgan fingerprint density at radius 3 is 2.48 bits per heavy atom. The Morgan fingerprint density at radius 1 is 1.10 bits per heavy atom. The van der Waals surface area contributed by atoms with Gasteiger partial charge in [-0.2, -0.15) is 0 Å². The summed E-state index contributed by atoms with van der Waals surface area (Å²) >= 11 is 0. The maximum Gasteiger partial charge on any atom is 0.0896 e. The second-order valence-electron chi connectivity index (χ2n) is 6.96. The summed E-state index contributed by atoms with van der Waals surface area (Å²) in [5.74, 6) is 0.840. The Labute approximate surface area is 127 Å². The number of hydrogen-bond donors (Lipinski definition) is 1. The van der Waals surface area contributed by atoms with E-state index < -0.39 is 0 Å². The Kier molecular flexibility index (Phi) is 3.74. The molecule has 1 saturated heterocycles. The van der Waals surface area contributed by atoms with Crippen LogP contribution in [0.25, 0.3) is 0 Å². The van der Waals surface area contributed by atoms with E-state index in [2.05, 4.69) is 41.5 Å². The normalized spacial score (nSPS) is 30.5. The van der Waals surface area contributed by atoms with Gasteiger partial charge < -0.3 is 10.1 Å². The highest BCUT2D eigenvalue weighted by molar-refractivity contribution is 5.30. The minimum absolute atomic E-state index is 0.274. The van der Waals surface area contributed by atoms with E-state index in [1.807, 2.05) is 0 Å². The zero-order chi connectivity index (χ0) is 14.2. The molecule has 1 aromatic rings. The molecule has 3 aliphatic rings. The number of nitrogens with zero attached hydrogens (tertiary/aromatic N) is 1. The molecule has 21 heavy (non-hydrogen) atoms. The number of hydrogen-bond acceptors (Lipinski definition) is 3. The average Bonchev–Trinajstić information content (AvgIpc) is 3.39. The van der Waals surface area contributed by atoms with Crippen LogP contribution >= 0.6 is 0 Å². The number of nitrogens with one attached hydrogen (secondary N) is 1. The second-order valence-corrected chi connectivity index (χ2v) is 6.96. The molecule has 1 N–H and O–H groups in total. The maximum atomic E-state index is 6.08. The summed E-state index contributed by atoms with van der Waals surface area (Å²) in [6.07, 6.45) is 5.70. The molecule has 2 unspecified atom stereocenters. The summed E-state index contributed by atoms with van der Waals surface area (Å²) in [6, 6.07) is 10.5. The van der Waals surface area contributed by atoms with E-state index >= 15 is 0 Å². The lowest BCUT2D eigenvalue weighted by molar-refractivity contribution is -0.0615. The van der Waals surface area contributed by atoms with Crippen molar-refractivity contribution in [3.05, 3.63) is 35.4 Å². The predicted molar refractivity (Wildman–Crippen MR) is 84.6 cm³/mol. The molecule has 0 radical (unpaired) electrons. The lowest BCUT2D eigenvalue weighted by atomic mass is 9.96. The second kappa shape index (κ2) is 5.71. The van der Waals surface area contributed by atoms with Gasteiger partial charge in [0.15, 0.2) is 0 Å². The Bertz CT molecular complexity index is 478. The Morgan fingerprint density at radius 2 is 1.81 bits per heavy atom. The highest BCUT2D eigenvalue weighted by Gasteiger charge is 2.33. The van der Waals surface area contributed by atoms with Crippen molar-refractivity contribution in [2.24, 2.45) is 0 Å². The van der Waals surface area contributed by atoms with Crippen LogP contribution in [-0.2, 0) is 4.74 Å². The molecule has 1 aromatic carbocycles. The van der Waals surface area contributed by atoms with Crippen molar-refractivity contribution in [1.29, 1.82) is 0 Å². The van der Waals surface area contributed by atoms with Crippen molar-refractivity contribution in [2.75, 3.05) is 26.7 Å². The first-order valence-electron chi connectivity index (χ1n) is 8.46. The third kappa shape index (κ3) is 3.15. The highest BCUT2D eigenvalue weighted by atomic mass is 16.5. The molecule has 3 fully saturated rings. The minimum Gasteiger partial charge on any atom is -0.374 e. The molecule has 2 aliphatic carbocycles. The van der Waals surface area contributed by atoms with Crippen molar-refractivity contribution < 1.29 is 4.74 Å². The first-order chi connectivity index (χ1) is 10.3. The summed E-state index contributed by atoms with van der Waals surface area (Å²) in [5, 5.41) is 3.63. The zero-order valence-electron chi connectivity index (χ0n) is 12.9. The van der Waals surface area contributed by atoms with Gasteiger partial charge in [0.05, 0.1) is 18.8 Å². The average molecular weight is 286 g/mol. The third-order valence-corrected chi connectivity index (χ3v) is 5.11. The fourth-order valence-electron chi connectivity index (χ4n) is 3.45. The number of benzene rings is 1. The molecule has 0 spiro atoms. The van der Waals surface area contributed by atoms with E-state index in [0.29, 0.717) is 6.04 Å². The summed E-state index contributed by atoms with van der Waals surface area (Å²) < 4.78 is 6.08. The van der Waals surface area contributed by atoms with Gasteiger partial charge in [-0.3, -0.25) is 4.90 Å². The first kappa shape index (κ1) is 13.7. The molecule has 3 nitrogen and oxygen atoms in total. The lowest BCUT2D eigenvalue weighted by Crippen LogP contribution is -2.47. The van der Waals surface area contributed by atoms with Crippen molar-refractivity contribution >= 4 is 0 Å². The van der Waals surface area contributed by atoms with Crippen LogP contribution in [0.5, 0.6) is 0 Å². The molecule has 0 aromatic heterocycles. The zero-order valence-corrected chi connectivity index (χ0v) is 12.9. The molecule has 0 bridgehead atoms. The van der Waals surface area contributed by atoms with E-state index in [1.54, 1.807) is 0 Å². The van der Waals surface area contributed by atoms with Gasteiger partial charge in [-0.05, 0) is 49.8 Å². The molecule has 114 valence electrons. The monoisotopic (exact) mass is 286 g/mol. The van der Waals surface area contributed by atoms with Gasteiger partial charge in [0.2, 0.25) is 0 Å². The molecule has 0 amide bonds. The van der Waals surface area contributed by atoms with E-state index in [-0.39, 0.29) is 6.10 Å². The van der Waals surface area contributed by atoms with Crippen LogP contribution in [-0.4, -0.2) is 43.8 Å². The van der Waals surface area contributed by atoms with Gasteiger partial charge in [0, 0.05) is 19.1 Å². The van der Waals surface area contributed by atoms with Crippen LogP contribution < -0.4 is 5.32 Å². The molecular formula is C18H26N2O. The van der Waals surface area contributed by atoms with Crippen LogP contribution in [0.1, 0.15) is 48.8 Å². The number of rotatable bonds is 5. The van der Waals surface area contributed by atoms with Crippen LogP contribution in [0.3, 0.4) is 0 Å². The predicted octanol–water partition coefficient (Wildman–Crippen LogP) is 2.69. The van der Waals surface area contributed by atoms with Crippen LogP contribution in [0, 0.1) is 0 Å². The smallest absolute Gasteiger partial charge is 0.0896 e. The highest BCUT2D eigenvalue weighted by Crippen LogP contribution is 2.40. The molecule has 4 rings (SSSR count). The van der Waals surface area contributed by atoms with E-state index in [9.17, 15) is 0 Å². The number of ether oxygens (including phenoxy) is 1. The molecular weight excluding hydrogens is 260 g/mol. The third-order valence-electron chi connectivity index (χ3n) is 5.11. The summed E-state index contributed by atoms with van der Waals surface area (Å²) in [5.41, 5.74) is 2.93. The SMILES string of the molecule is CN1CCOC(CNC2CC2)C1c1ccc(C2CC2)cc1. The van der Waals surface area contributed by atoms with Gasteiger partial charge in [0.25, 0.3) is 0 Å². The quantitative estimate of drug-likeness (QED) is 0.900. The first-order valence-corrected chi connectivity index (χ1v) is 8.46. The number of likely N-dealkylation sites (N-methyl/N-ethyl adjacent to an activating group) is 1. The molecule has 2 saturated carbocycles. The Balaban J connectivity index is 1.49. The van der Waals surface area contributed by atoms with Gasteiger partial charge in [-0.25, -0.2) is 0 Å². The fraction of sp³-hybridized carbons (Fsp3) is 0.667. The van der Waals surface area contributed by atoms with Crippen molar-refractivity contribution in [2.45, 2.75) is 49.8 Å². The van der Waals surface area contributed by atoms with Gasteiger partial charge in [-0.1, -0.05) is 24.3 Å². The molecule has 2 atom stereocenters. The summed E-state index contributed by atoms with van der Waals surface area (Å²) in [7, 11) is 2.23. The van der Waals surface area contributed by atoms with E-state index in [1.165, 1.54) is 36.8 Å². The van der Waals surface area contributed by atoms with Crippen LogP contribution in [0.15, 0.2) is 24.3 Å². The van der Waals surface area contributed by atoms with Gasteiger partial charge in [0.1, 0.15) is 0 Å². The van der Waals surface area contributed by atoms with E-state index in [0.717, 1.165) is 31.7 Å². The summed E-state index contributed by atoms with van der Waals surface area (Å²) in [4.78, 5) is 2.45.